The highest BCUT2D eigenvalue weighted by Crippen LogP contribution is 2.14. The molecular weight excluding hydrogens is 210 g/mol. The Bertz CT molecular complexity index is 200. The summed E-state index contributed by atoms with van der Waals surface area (Å²) in [6.07, 6.45) is -3.61. The first kappa shape index (κ1) is 13.8. The molecular formula is C9H14F2O4. The molecule has 6 heteroatoms. The summed E-state index contributed by atoms with van der Waals surface area (Å²) in [6.45, 7) is 3.14. The summed E-state index contributed by atoms with van der Waals surface area (Å²) in [4.78, 5) is 22.3. The Hall–Kier alpha value is -1.20. The van der Waals surface area contributed by atoms with Crippen molar-refractivity contribution in [1.82, 2.24) is 0 Å². The number of carbonyl (C=O) groups is 2. The fraction of sp³-hybridized carbons (Fsp3) is 0.778. The molecule has 0 radical (unpaired) electrons. The molecule has 0 aromatic heterocycles. The van der Waals surface area contributed by atoms with Crippen molar-refractivity contribution in [2.24, 2.45) is 5.92 Å². The minimum atomic E-state index is -2.75. The van der Waals surface area contributed by atoms with E-state index in [1.165, 1.54) is 13.8 Å². The average molecular weight is 224 g/mol. The van der Waals surface area contributed by atoms with E-state index in [0.717, 1.165) is 0 Å². The van der Waals surface area contributed by atoms with E-state index in [9.17, 15) is 18.4 Å². The molecule has 0 aliphatic heterocycles. The molecule has 4 nitrogen and oxygen atoms in total. The van der Waals surface area contributed by atoms with E-state index in [1.54, 1.807) is 0 Å². The first-order valence-corrected chi connectivity index (χ1v) is 4.64. The van der Waals surface area contributed by atoms with Crippen molar-refractivity contribution in [1.29, 1.82) is 0 Å². The smallest absolute Gasteiger partial charge is 0.320 e. The third-order valence-electron chi connectivity index (χ3n) is 1.56. The zero-order valence-corrected chi connectivity index (χ0v) is 8.66. The average Bonchev–Trinajstić information content (AvgIpc) is 2.14. The summed E-state index contributed by atoms with van der Waals surface area (Å²) in [5.74, 6) is -3.45. The van der Waals surface area contributed by atoms with Crippen molar-refractivity contribution in [2.45, 2.75) is 26.7 Å². The van der Waals surface area contributed by atoms with Gasteiger partial charge in [-0.3, -0.25) is 9.59 Å². The molecule has 0 aromatic rings. The number of rotatable bonds is 6. The highest BCUT2D eigenvalue weighted by Gasteiger charge is 2.32. The number of ether oxygens (including phenoxy) is 2. The molecule has 0 amide bonds. The molecule has 0 saturated heterocycles. The molecule has 88 valence electrons. The Balaban J connectivity index is 4.42. The second-order valence-corrected chi connectivity index (χ2v) is 2.68. The molecule has 0 aromatic carbocycles. The molecule has 0 aliphatic carbocycles. The highest BCUT2D eigenvalue weighted by atomic mass is 19.3. The Morgan fingerprint density at radius 3 is 1.73 bits per heavy atom. The summed E-state index contributed by atoms with van der Waals surface area (Å²) in [5, 5.41) is 0. The first-order valence-electron chi connectivity index (χ1n) is 4.64. The third kappa shape index (κ3) is 5.29. The van der Waals surface area contributed by atoms with Gasteiger partial charge in [0, 0.05) is 6.42 Å². The van der Waals surface area contributed by atoms with Crippen LogP contribution < -0.4 is 0 Å². The zero-order valence-electron chi connectivity index (χ0n) is 8.66. The predicted molar refractivity (Wildman–Crippen MR) is 47.4 cm³/mol. The SMILES string of the molecule is CCOC(=O)C(CC(F)F)C(=O)OCC. The molecule has 0 heterocycles. The summed E-state index contributed by atoms with van der Waals surface area (Å²) < 4.78 is 33.1. The van der Waals surface area contributed by atoms with Crippen LogP contribution in [0.25, 0.3) is 0 Å². The van der Waals surface area contributed by atoms with E-state index in [2.05, 4.69) is 9.47 Å². The van der Waals surface area contributed by atoms with Gasteiger partial charge in [-0.15, -0.1) is 0 Å². The lowest BCUT2D eigenvalue weighted by atomic mass is 10.1. The first-order chi connectivity index (χ1) is 7.02. The van der Waals surface area contributed by atoms with Gasteiger partial charge in [0.25, 0.3) is 0 Å². The Morgan fingerprint density at radius 2 is 1.47 bits per heavy atom. The van der Waals surface area contributed by atoms with Crippen molar-refractivity contribution in [3.63, 3.8) is 0 Å². The summed E-state index contributed by atoms with van der Waals surface area (Å²) in [5.41, 5.74) is 0. The lowest BCUT2D eigenvalue weighted by Gasteiger charge is -2.13. The number of halogens is 2. The largest absolute Gasteiger partial charge is 0.465 e. The van der Waals surface area contributed by atoms with Gasteiger partial charge in [-0.05, 0) is 13.8 Å². The number of carbonyl (C=O) groups excluding carboxylic acids is 2. The minimum absolute atomic E-state index is 0.0397. The van der Waals surface area contributed by atoms with Gasteiger partial charge in [0.15, 0.2) is 5.92 Å². The van der Waals surface area contributed by atoms with Gasteiger partial charge < -0.3 is 9.47 Å². The highest BCUT2D eigenvalue weighted by molar-refractivity contribution is 5.94. The van der Waals surface area contributed by atoms with Gasteiger partial charge in [-0.25, -0.2) is 8.78 Å². The van der Waals surface area contributed by atoms with Crippen LogP contribution >= 0.6 is 0 Å². The van der Waals surface area contributed by atoms with Gasteiger partial charge in [0.2, 0.25) is 6.43 Å². The Labute approximate surface area is 86.5 Å². The fourth-order valence-corrected chi connectivity index (χ4v) is 0.953. The van der Waals surface area contributed by atoms with Crippen LogP contribution in [0.5, 0.6) is 0 Å². The summed E-state index contributed by atoms with van der Waals surface area (Å²) >= 11 is 0. The molecule has 0 rings (SSSR count). The van der Waals surface area contributed by atoms with Crippen molar-refractivity contribution in [3.05, 3.63) is 0 Å². The van der Waals surface area contributed by atoms with Crippen LogP contribution in [0, 0.1) is 5.92 Å². The normalized spacial score (nSPS) is 10.5. The third-order valence-corrected chi connectivity index (χ3v) is 1.56. The maximum absolute atomic E-state index is 12.1. The van der Waals surface area contributed by atoms with Crippen molar-refractivity contribution < 1.29 is 27.8 Å². The monoisotopic (exact) mass is 224 g/mol. The molecule has 0 spiro atoms. The topological polar surface area (TPSA) is 52.6 Å². The number of hydrogen-bond donors (Lipinski definition) is 0. The maximum atomic E-state index is 12.1. The Morgan fingerprint density at radius 1 is 1.07 bits per heavy atom. The molecule has 0 fully saturated rings. The number of esters is 2. The minimum Gasteiger partial charge on any atom is -0.465 e. The van der Waals surface area contributed by atoms with Gasteiger partial charge >= 0.3 is 11.9 Å². The van der Waals surface area contributed by atoms with E-state index in [1.807, 2.05) is 0 Å². The van der Waals surface area contributed by atoms with Crippen LogP contribution in [-0.2, 0) is 19.1 Å². The van der Waals surface area contributed by atoms with Crippen LogP contribution in [0.2, 0.25) is 0 Å². The van der Waals surface area contributed by atoms with Gasteiger partial charge in [0.05, 0.1) is 13.2 Å². The van der Waals surface area contributed by atoms with E-state index in [0.29, 0.717) is 0 Å². The molecule has 0 atom stereocenters. The van der Waals surface area contributed by atoms with Crippen LogP contribution in [0.1, 0.15) is 20.3 Å². The van der Waals surface area contributed by atoms with E-state index in [-0.39, 0.29) is 13.2 Å². The predicted octanol–water partition coefficient (Wildman–Crippen LogP) is 1.38. The standard InChI is InChI=1S/C9H14F2O4/c1-3-14-8(12)6(5-7(10)11)9(13)15-4-2/h6-7H,3-5H2,1-2H3. The Kier molecular flexibility index (Phi) is 6.57. The van der Waals surface area contributed by atoms with E-state index >= 15 is 0 Å². The molecule has 0 saturated carbocycles. The van der Waals surface area contributed by atoms with Crippen LogP contribution in [0.3, 0.4) is 0 Å². The molecule has 0 N–H and O–H groups in total. The molecule has 0 bridgehead atoms. The van der Waals surface area contributed by atoms with Gasteiger partial charge in [-0.1, -0.05) is 0 Å². The molecule has 0 aliphatic rings. The maximum Gasteiger partial charge on any atom is 0.320 e. The van der Waals surface area contributed by atoms with E-state index < -0.39 is 30.7 Å². The molecule has 0 unspecified atom stereocenters. The van der Waals surface area contributed by atoms with E-state index in [4.69, 9.17) is 0 Å². The van der Waals surface area contributed by atoms with Crippen LogP contribution in [-0.4, -0.2) is 31.6 Å². The quantitative estimate of drug-likeness (QED) is 0.505. The van der Waals surface area contributed by atoms with Crippen molar-refractivity contribution in [3.8, 4) is 0 Å². The lowest BCUT2D eigenvalue weighted by molar-refractivity contribution is -0.163. The summed E-state index contributed by atoms with van der Waals surface area (Å²) in [7, 11) is 0. The lowest BCUT2D eigenvalue weighted by Crippen LogP contribution is -2.29. The second-order valence-electron chi connectivity index (χ2n) is 2.68. The van der Waals surface area contributed by atoms with Gasteiger partial charge in [0.1, 0.15) is 0 Å². The summed E-state index contributed by atoms with van der Waals surface area (Å²) in [6, 6.07) is 0. The van der Waals surface area contributed by atoms with Gasteiger partial charge in [-0.2, -0.15) is 0 Å². The number of hydrogen-bond acceptors (Lipinski definition) is 4. The van der Waals surface area contributed by atoms with Crippen LogP contribution in [0.4, 0.5) is 8.78 Å². The van der Waals surface area contributed by atoms with Crippen molar-refractivity contribution in [2.75, 3.05) is 13.2 Å². The second kappa shape index (κ2) is 7.14. The zero-order chi connectivity index (χ0) is 11.8. The molecule has 15 heavy (non-hydrogen) atoms. The fourth-order valence-electron chi connectivity index (χ4n) is 0.953. The number of alkyl halides is 2. The van der Waals surface area contributed by atoms with Crippen molar-refractivity contribution >= 4 is 11.9 Å². The van der Waals surface area contributed by atoms with Crippen LogP contribution in [0.15, 0.2) is 0 Å².